The first-order valence-electron chi connectivity index (χ1n) is 9.80. The maximum absolute atomic E-state index is 12.2. The predicted octanol–water partition coefficient (Wildman–Crippen LogP) is 5.54. The standard InChI is InChI=1S/C23H23ClN4O2/c1-5-30-22(29)15-8-11-18-17(12-15)25-21(14-6-9-16(24)10-7-14)28(18)20-13-19(26-27-20)23(2,3)4/h6-13H,5H2,1-4H3,(H,26,27). The van der Waals surface area contributed by atoms with Crippen molar-refractivity contribution in [3.05, 3.63) is 64.8 Å². The van der Waals surface area contributed by atoms with Crippen molar-refractivity contribution in [2.45, 2.75) is 33.1 Å². The summed E-state index contributed by atoms with van der Waals surface area (Å²) in [6.45, 7) is 8.49. The van der Waals surface area contributed by atoms with E-state index in [1.54, 1.807) is 19.1 Å². The number of benzene rings is 2. The minimum atomic E-state index is -0.364. The number of imidazole rings is 1. The Bertz CT molecular complexity index is 1220. The third-order valence-corrected chi connectivity index (χ3v) is 5.12. The molecule has 0 saturated heterocycles. The SMILES string of the molecule is CCOC(=O)c1ccc2c(c1)nc(-c1ccc(Cl)cc1)n2-c1cc(C(C)(C)C)[nH]n1. The van der Waals surface area contributed by atoms with Crippen LogP contribution in [0.25, 0.3) is 28.2 Å². The summed E-state index contributed by atoms with van der Waals surface area (Å²) >= 11 is 6.08. The highest BCUT2D eigenvalue weighted by Gasteiger charge is 2.21. The molecule has 4 aromatic rings. The molecule has 0 radical (unpaired) electrons. The summed E-state index contributed by atoms with van der Waals surface area (Å²) in [6, 6.07) is 14.9. The largest absolute Gasteiger partial charge is 0.462 e. The van der Waals surface area contributed by atoms with Gasteiger partial charge in [0.1, 0.15) is 5.82 Å². The number of esters is 1. The summed E-state index contributed by atoms with van der Waals surface area (Å²) in [5.74, 6) is 1.09. The molecule has 0 fully saturated rings. The Morgan fingerprint density at radius 3 is 2.50 bits per heavy atom. The molecular formula is C23H23ClN4O2. The van der Waals surface area contributed by atoms with Crippen molar-refractivity contribution in [1.29, 1.82) is 0 Å². The number of ether oxygens (including phenoxy) is 1. The number of nitrogens with one attached hydrogen (secondary N) is 1. The first kappa shape index (κ1) is 20.2. The van der Waals surface area contributed by atoms with Crippen molar-refractivity contribution >= 4 is 28.6 Å². The average Bonchev–Trinajstić information content (AvgIpc) is 3.32. The molecule has 0 unspecified atom stereocenters. The molecule has 4 rings (SSSR count). The Hall–Kier alpha value is -3.12. The maximum Gasteiger partial charge on any atom is 0.338 e. The van der Waals surface area contributed by atoms with Gasteiger partial charge in [0.15, 0.2) is 5.82 Å². The zero-order valence-corrected chi connectivity index (χ0v) is 18.1. The lowest BCUT2D eigenvalue weighted by atomic mass is 9.92. The fourth-order valence-corrected chi connectivity index (χ4v) is 3.38. The van der Waals surface area contributed by atoms with Gasteiger partial charge in [-0.2, -0.15) is 5.10 Å². The van der Waals surface area contributed by atoms with Crippen LogP contribution in [0.15, 0.2) is 48.5 Å². The number of rotatable bonds is 4. The number of hydrogen-bond acceptors (Lipinski definition) is 4. The van der Waals surface area contributed by atoms with Crippen molar-refractivity contribution in [3.63, 3.8) is 0 Å². The van der Waals surface area contributed by atoms with Gasteiger partial charge in [0.2, 0.25) is 0 Å². The summed E-state index contributed by atoms with van der Waals surface area (Å²) in [6.07, 6.45) is 0. The van der Waals surface area contributed by atoms with Gasteiger partial charge < -0.3 is 4.74 Å². The zero-order valence-electron chi connectivity index (χ0n) is 17.4. The summed E-state index contributed by atoms with van der Waals surface area (Å²) in [7, 11) is 0. The first-order chi connectivity index (χ1) is 14.3. The number of aromatic amines is 1. The van der Waals surface area contributed by atoms with Crippen LogP contribution in [0.4, 0.5) is 0 Å². The molecule has 0 aliphatic heterocycles. The van der Waals surface area contributed by atoms with E-state index in [1.165, 1.54) is 0 Å². The van der Waals surface area contributed by atoms with Crippen LogP contribution in [0.1, 0.15) is 43.7 Å². The van der Waals surface area contributed by atoms with Crippen molar-refractivity contribution in [1.82, 2.24) is 19.7 Å². The van der Waals surface area contributed by atoms with E-state index < -0.39 is 0 Å². The van der Waals surface area contributed by atoms with Gasteiger partial charge in [0.05, 0.1) is 23.2 Å². The highest BCUT2D eigenvalue weighted by atomic mass is 35.5. The van der Waals surface area contributed by atoms with E-state index >= 15 is 0 Å². The topological polar surface area (TPSA) is 72.8 Å². The van der Waals surface area contributed by atoms with Gasteiger partial charge in [-0.25, -0.2) is 9.78 Å². The molecule has 0 amide bonds. The number of halogens is 1. The highest BCUT2D eigenvalue weighted by molar-refractivity contribution is 6.30. The Morgan fingerprint density at radius 2 is 1.87 bits per heavy atom. The van der Waals surface area contributed by atoms with Gasteiger partial charge in [-0.3, -0.25) is 9.67 Å². The number of fused-ring (bicyclic) bond motifs is 1. The van der Waals surface area contributed by atoms with Gasteiger partial charge in [-0.05, 0) is 49.4 Å². The number of hydrogen-bond donors (Lipinski definition) is 1. The molecule has 2 aromatic heterocycles. The number of carbonyl (C=O) groups excluding carboxylic acids is 1. The third-order valence-electron chi connectivity index (χ3n) is 4.87. The van der Waals surface area contributed by atoms with E-state index in [0.717, 1.165) is 28.4 Å². The van der Waals surface area contributed by atoms with E-state index in [0.29, 0.717) is 22.7 Å². The number of aromatic nitrogens is 4. The number of carbonyl (C=O) groups is 1. The van der Waals surface area contributed by atoms with Crippen LogP contribution in [0, 0.1) is 0 Å². The van der Waals surface area contributed by atoms with E-state index in [1.807, 2.05) is 41.0 Å². The molecule has 0 bridgehead atoms. The molecule has 2 aromatic carbocycles. The first-order valence-corrected chi connectivity index (χ1v) is 10.2. The van der Waals surface area contributed by atoms with Crippen molar-refractivity contribution in [2.24, 2.45) is 0 Å². The molecule has 7 heteroatoms. The Morgan fingerprint density at radius 1 is 1.13 bits per heavy atom. The monoisotopic (exact) mass is 422 g/mol. The number of H-pyrrole nitrogens is 1. The minimum absolute atomic E-state index is 0.0703. The second-order valence-corrected chi connectivity index (χ2v) is 8.53. The quantitative estimate of drug-likeness (QED) is 0.438. The fourth-order valence-electron chi connectivity index (χ4n) is 3.26. The van der Waals surface area contributed by atoms with Crippen LogP contribution in [-0.2, 0) is 10.2 Å². The third kappa shape index (κ3) is 3.71. The van der Waals surface area contributed by atoms with Crippen LogP contribution in [0.5, 0.6) is 0 Å². The molecule has 1 N–H and O–H groups in total. The smallest absolute Gasteiger partial charge is 0.338 e. The molecule has 2 heterocycles. The highest BCUT2D eigenvalue weighted by Crippen LogP contribution is 2.31. The van der Waals surface area contributed by atoms with Crippen LogP contribution in [-0.4, -0.2) is 32.3 Å². The van der Waals surface area contributed by atoms with Gasteiger partial charge >= 0.3 is 5.97 Å². The average molecular weight is 423 g/mol. The summed E-state index contributed by atoms with van der Waals surface area (Å²) in [5, 5.41) is 8.34. The van der Waals surface area contributed by atoms with Crippen molar-refractivity contribution in [2.75, 3.05) is 6.61 Å². The van der Waals surface area contributed by atoms with Crippen LogP contribution < -0.4 is 0 Å². The Balaban J connectivity index is 1.93. The van der Waals surface area contributed by atoms with Crippen molar-refractivity contribution < 1.29 is 9.53 Å². The summed E-state index contributed by atoms with van der Waals surface area (Å²) in [5.41, 5.74) is 3.84. The zero-order chi connectivity index (χ0) is 21.5. The second kappa shape index (κ2) is 7.61. The molecule has 0 aliphatic rings. The predicted molar refractivity (Wildman–Crippen MR) is 118 cm³/mol. The van der Waals surface area contributed by atoms with Gasteiger partial charge in [-0.15, -0.1) is 0 Å². The van der Waals surface area contributed by atoms with Crippen molar-refractivity contribution in [3.8, 4) is 17.2 Å². The molecule has 30 heavy (non-hydrogen) atoms. The van der Waals surface area contributed by atoms with Crippen LogP contribution >= 0.6 is 11.6 Å². The Kier molecular flexibility index (Phi) is 5.12. The van der Waals surface area contributed by atoms with Gasteiger partial charge in [-0.1, -0.05) is 32.4 Å². The summed E-state index contributed by atoms with van der Waals surface area (Å²) < 4.78 is 7.12. The maximum atomic E-state index is 12.2. The second-order valence-electron chi connectivity index (χ2n) is 8.09. The Labute approximate surface area is 179 Å². The van der Waals surface area contributed by atoms with Crippen LogP contribution in [0.3, 0.4) is 0 Å². The summed E-state index contributed by atoms with van der Waals surface area (Å²) in [4.78, 5) is 17.0. The minimum Gasteiger partial charge on any atom is -0.462 e. The lowest BCUT2D eigenvalue weighted by Crippen LogP contribution is -2.11. The fraction of sp³-hybridized carbons (Fsp3) is 0.261. The molecule has 0 atom stereocenters. The lowest BCUT2D eigenvalue weighted by molar-refractivity contribution is 0.0526. The molecule has 0 aliphatic carbocycles. The van der Waals surface area contributed by atoms with Gasteiger partial charge in [0, 0.05) is 27.8 Å². The molecule has 154 valence electrons. The number of nitrogens with zero attached hydrogens (tertiary/aromatic N) is 3. The molecular weight excluding hydrogens is 400 g/mol. The van der Waals surface area contributed by atoms with E-state index in [9.17, 15) is 4.79 Å². The van der Waals surface area contributed by atoms with Crippen LogP contribution in [0.2, 0.25) is 5.02 Å². The van der Waals surface area contributed by atoms with E-state index in [-0.39, 0.29) is 11.4 Å². The molecule has 0 spiro atoms. The van der Waals surface area contributed by atoms with Gasteiger partial charge in [0.25, 0.3) is 0 Å². The normalized spacial score (nSPS) is 11.8. The van der Waals surface area contributed by atoms with E-state index in [4.69, 9.17) is 21.3 Å². The van der Waals surface area contributed by atoms with E-state index in [2.05, 4.69) is 31.0 Å². The molecule has 6 nitrogen and oxygen atoms in total. The lowest BCUT2D eigenvalue weighted by Gasteiger charge is -2.14. The molecule has 0 saturated carbocycles.